The van der Waals surface area contributed by atoms with Gasteiger partial charge in [0.2, 0.25) is 0 Å². The molecule has 0 amide bonds. The van der Waals surface area contributed by atoms with E-state index in [2.05, 4.69) is 66.2 Å². The number of aromatic nitrogens is 3. The fourth-order valence-corrected chi connectivity index (χ4v) is 4.86. The molecule has 3 heterocycles. The molecule has 4 rings (SSSR count). The second kappa shape index (κ2) is 7.51. The SMILES string of the molecule is COc1ccnc2cc(-c3ccc(N(C)C4CC(C)(C)NC(C)(C)C4)nn3)ccc12. The van der Waals surface area contributed by atoms with Crippen molar-refractivity contribution in [2.24, 2.45) is 0 Å². The first-order chi connectivity index (χ1) is 14.2. The van der Waals surface area contributed by atoms with Crippen LogP contribution in [0, 0.1) is 0 Å². The van der Waals surface area contributed by atoms with Gasteiger partial charge in [0, 0.05) is 41.3 Å². The molecular weight excluding hydrogens is 374 g/mol. The molecule has 0 atom stereocenters. The number of nitrogens with one attached hydrogen (secondary N) is 1. The van der Waals surface area contributed by atoms with Crippen molar-refractivity contribution in [3.8, 4) is 17.0 Å². The maximum Gasteiger partial charge on any atom is 0.151 e. The highest BCUT2D eigenvalue weighted by Crippen LogP contribution is 2.33. The normalized spacial score (nSPS) is 18.3. The summed E-state index contributed by atoms with van der Waals surface area (Å²) in [6.45, 7) is 9.08. The van der Waals surface area contributed by atoms with E-state index in [1.165, 1.54) is 0 Å². The Morgan fingerprint density at radius 3 is 2.37 bits per heavy atom. The van der Waals surface area contributed by atoms with Gasteiger partial charge in [-0.3, -0.25) is 4.98 Å². The molecule has 1 aromatic carbocycles. The molecule has 0 saturated carbocycles. The Morgan fingerprint density at radius 1 is 1.00 bits per heavy atom. The summed E-state index contributed by atoms with van der Waals surface area (Å²) in [6, 6.07) is 12.5. The van der Waals surface area contributed by atoms with E-state index in [1.54, 1.807) is 13.3 Å². The highest BCUT2D eigenvalue weighted by molar-refractivity contribution is 5.88. The molecule has 6 nitrogen and oxygen atoms in total. The Labute approximate surface area is 178 Å². The summed E-state index contributed by atoms with van der Waals surface area (Å²) >= 11 is 0. The molecule has 1 aliphatic rings. The van der Waals surface area contributed by atoms with Gasteiger partial charge in [-0.25, -0.2) is 0 Å². The minimum Gasteiger partial charge on any atom is -0.496 e. The van der Waals surface area contributed by atoms with Crippen LogP contribution in [-0.4, -0.2) is 46.5 Å². The highest BCUT2D eigenvalue weighted by atomic mass is 16.5. The van der Waals surface area contributed by atoms with Crippen molar-refractivity contribution in [1.29, 1.82) is 0 Å². The molecular formula is C24H31N5O. The zero-order valence-electron chi connectivity index (χ0n) is 18.7. The fraction of sp³-hybridized carbons (Fsp3) is 0.458. The summed E-state index contributed by atoms with van der Waals surface area (Å²) in [5.41, 5.74) is 2.90. The van der Waals surface area contributed by atoms with Gasteiger partial charge in [-0.2, -0.15) is 0 Å². The number of methoxy groups -OCH3 is 1. The van der Waals surface area contributed by atoms with Crippen molar-refractivity contribution in [3.63, 3.8) is 0 Å². The van der Waals surface area contributed by atoms with E-state index in [4.69, 9.17) is 4.74 Å². The van der Waals surface area contributed by atoms with E-state index >= 15 is 0 Å². The van der Waals surface area contributed by atoms with Gasteiger partial charge in [-0.15, -0.1) is 10.2 Å². The van der Waals surface area contributed by atoms with Gasteiger partial charge in [-0.1, -0.05) is 6.07 Å². The lowest BCUT2D eigenvalue weighted by Gasteiger charge is -2.49. The van der Waals surface area contributed by atoms with E-state index in [1.807, 2.05) is 30.3 Å². The molecule has 0 spiro atoms. The molecule has 1 aliphatic heterocycles. The van der Waals surface area contributed by atoms with Crippen LogP contribution < -0.4 is 15.0 Å². The van der Waals surface area contributed by atoms with Gasteiger partial charge in [0.05, 0.1) is 18.3 Å². The Bertz CT molecular complexity index is 1030. The molecule has 0 bridgehead atoms. The summed E-state index contributed by atoms with van der Waals surface area (Å²) in [6.07, 6.45) is 3.89. The Morgan fingerprint density at radius 2 is 1.73 bits per heavy atom. The van der Waals surface area contributed by atoms with E-state index in [0.717, 1.165) is 46.6 Å². The zero-order chi connectivity index (χ0) is 21.5. The molecule has 158 valence electrons. The van der Waals surface area contributed by atoms with E-state index < -0.39 is 0 Å². The van der Waals surface area contributed by atoms with E-state index in [9.17, 15) is 0 Å². The highest BCUT2D eigenvalue weighted by Gasteiger charge is 2.39. The average molecular weight is 406 g/mol. The molecule has 3 aromatic rings. The number of anilines is 1. The molecule has 1 N–H and O–H groups in total. The molecule has 1 saturated heterocycles. The van der Waals surface area contributed by atoms with Crippen LogP contribution in [-0.2, 0) is 0 Å². The van der Waals surface area contributed by atoms with Crippen molar-refractivity contribution in [1.82, 2.24) is 20.5 Å². The summed E-state index contributed by atoms with van der Waals surface area (Å²) in [5, 5.41) is 13.8. The van der Waals surface area contributed by atoms with Crippen LogP contribution in [0.5, 0.6) is 5.75 Å². The summed E-state index contributed by atoms with van der Waals surface area (Å²) in [4.78, 5) is 6.74. The van der Waals surface area contributed by atoms with Crippen molar-refractivity contribution in [3.05, 3.63) is 42.6 Å². The molecule has 0 unspecified atom stereocenters. The van der Waals surface area contributed by atoms with Crippen LogP contribution in [0.1, 0.15) is 40.5 Å². The number of pyridine rings is 1. The molecule has 0 radical (unpaired) electrons. The smallest absolute Gasteiger partial charge is 0.151 e. The van der Waals surface area contributed by atoms with Gasteiger partial charge in [0.1, 0.15) is 5.75 Å². The van der Waals surface area contributed by atoms with Gasteiger partial charge in [-0.05, 0) is 70.9 Å². The van der Waals surface area contributed by atoms with Crippen molar-refractivity contribution in [2.45, 2.75) is 57.7 Å². The minimum absolute atomic E-state index is 0.0905. The monoisotopic (exact) mass is 405 g/mol. The third-order valence-electron chi connectivity index (χ3n) is 5.95. The summed E-state index contributed by atoms with van der Waals surface area (Å²) < 4.78 is 5.42. The standard InChI is InChI=1S/C24H31N5O/c1-23(2)14-17(15-24(3,4)28-23)29(5)22-10-9-19(26-27-22)16-7-8-18-20(13-16)25-12-11-21(18)30-6/h7-13,17,28H,14-15H2,1-6H3. The average Bonchev–Trinajstić information content (AvgIpc) is 2.70. The molecule has 30 heavy (non-hydrogen) atoms. The predicted molar refractivity (Wildman–Crippen MR) is 122 cm³/mol. The van der Waals surface area contributed by atoms with Crippen LogP contribution in [0.2, 0.25) is 0 Å². The second-order valence-corrected chi connectivity index (χ2v) is 9.59. The topological polar surface area (TPSA) is 63.2 Å². The zero-order valence-corrected chi connectivity index (χ0v) is 18.7. The molecule has 0 aliphatic carbocycles. The summed E-state index contributed by atoms with van der Waals surface area (Å²) in [7, 11) is 3.80. The fourth-order valence-electron chi connectivity index (χ4n) is 4.86. The number of fused-ring (bicyclic) bond motifs is 1. The van der Waals surface area contributed by atoms with Gasteiger partial charge in [0.15, 0.2) is 5.82 Å². The molecule has 1 fully saturated rings. The van der Waals surface area contributed by atoms with Crippen LogP contribution in [0.15, 0.2) is 42.6 Å². The van der Waals surface area contributed by atoms with Crippen LogP contribution in [0.25, 0.3) is 22.2 Å². The second-order valence-electron chi connectivity index (χ2n) is 9.59. The number of piperidine rings is 1. The maximum atomic E-state index is 5.42. The van der Waals surface area contributed by atoms with Gasteiger partial charge >= 0.3 is 0 Å². The summed E-state index contributed by atoms with van der Waals surface area (Å²) in [5.74, 6) is 1.72. The first-order valence-electron chi connectivity index (χ1n) is 10.5. The first-order valence-corrected chi connectivity index (χ1v) is 10.5. The van der Waals surface area contributed by atoms with Crippen molar-refractivity contribution >= 4 is 16.7 Å². The lowest BCUT2D eigenvalue weighted by molar-refractivity contribution is 0.160. The number of hydrogen-bond donors (Lipinski definition) is 1. The lowest BCUT2D eigenvalue weighted by Crippen LogP contribution is -2.62. The van der Waals surface area contributed by atoms with Crippen molar-refractivity contribution in [2.75, 3.05) is 19.1 Å². The Kier molecular flexibility index (Phi) is 5.14. The quantitative estimate of drug-likeness (QED) is 0.692. The number of rotatable bonds is 4. The molecule has 6 heteroatoms. The van der Waals surface area contributed by atoms with Crippen LogP contribution in [0.4, 0.5) is 5.82 Å². The number of hydrogen-bond acceptors (Lipinski definition) is 6. The van der Waals surface area contributed by atoms with Crippen molar-refractivity contribution < 1.29 is 4.74 Å². The lowest BCUT2D eigenvalue weighted by atomic mass is 9.79. The van der Waals surface area contributed by atoms with Crippen LogP contribution >= 0.6 is 0 Å². The third-order valence-corrected chi connectivity index (χ3v) is 5.95. The number of benzene rings is 1. The van der Waals surface area contributed by atoms with Crippen LogP contribution in [0.3, 0.4) is 0 Å². The van der Waals surface area contributed by atoms with E-state index in [-0.39, 0.29) is 11.1 Å². The van der Waals surface area contributed by atoms with Gasteiger partial charge in [0.25, 0.3) is 0 Å². The number of ether oxygens (including phenoxy) is 1. The maximum absolute atomic E-state index is 5.42. The molecule has 2 aromatic heterocycles. The Hall–Kier alpha value is -2.73. The largest absolute Gasteiger partial charge is 0.496 e. The minimum atomic E-state index is 0.0905. The first kappa shape index (κ1) is 20.5. The van der Waals surface area contributed by atoms with E-state index in [0.29, 0.717) is 6.04 Å². The Balaban J connectivity index is 1.58. The predicted octanol–water partition coefficient (Wildman–Crippen LogP) is 4.45. The number of nitrogens with zero attached hydrogens (tertiary/aromatic N) is 4. The third kappa shape index (κ3) is 4.10. The van der Waals surface area contributed by atoms with Gasteiger partial charge < -0.3 is 15.0 Å².